The van der Waals surface area contributed by atoms with Gasteiger partial charge < -0.3 is 0 Å². The van der Waals surface area contributed by atoms with Crippen LogP contribution in [0.1, 0.15) is 0 Å². The molecule has 21 heavy (non-hydrogen) atoms. The summed E-state index contributed by atoms with van der Waals surface area (Å²) >= 11 is 1.85. The molecule has 0 atom stereocenters. The van der Waals surface area contributed by atoms with Crippen LogP contribution >= 0.6 is 11.8 Å². The van der Waals surface area contributed by atoms with Gasteiger partial charge in [-0.2, -0.15) is 0 Å². The third-order valence-electron chi connectivity index (χ3n) is 3.72. The third kappa shape index (κ3) is 2.30. The lowest BCUT2D eigenvalue weighted by Crippen LogP contribution is -1.80. The molecule has 0 aliphatic carbocycles. The number of hydrogen-bond donors (Lipinski definition) is 0. The molecule has 0 nitrogen and oxygen atoms in total. The van der Waals surface area contributed by atoms with E-state index in [2.05, 4.69) is 84.9 Å². The van der Waals surface area contributed by atoms with E-state index in [1.807, 2.05) is 11.8 Å². The highest BCUT2D eigenvalue weighted by Crippen LogP contribution is 2.37. The van der Waals surface area contributed by atoms with E-state index >= 15 is 0 Å². The summed E-state index contributed by atoms with van der Waals surface area (Å²) in [6.45, 7) is 0. The molecule has 0 aromatic heterocycles. The van der Waals surface area contributed by atoms with Crippen molar-refractivity contribution in [3.63, 3.8) is 0 Å². The summed E-state index contributed by atoms with van der Waals surface area (Å²) < 4.78 is 0. The Balaban J connectivity index is 1.87. The van der Waals surface area contributed by atoms with Crippen LogP contribution in [0.3, 0.4) is 0 Å². The van der Waals surface area contributed by atoms with Gasteiger partial charge in [-0.3, -0.25) is 0 Å². The lowest BCUT2D eigenvalue weighted by atomic mass is 10.1. The summed E-state index contributed by atoms with van der Waals surface area (Å²) in [6, 6.07) is 30.1. The molecule has 0 unspecified atom stereocenters. The van der Waals surface area contributed by atoms with Crippen LogP contribution in [-0.4, -0.2) is 0 Å². The second kappa shape index (κ2) is 5.27. The molecule has 0 bridgehead atoms. The maximum atomic E-state index is 2.20. The SMILES string of the molecule is c1ccc2c(Sc3cccc4ccccc34)cccc2c1. The Morgan fingerprint density at radius 3 is 1.38 bits per heavy atom. The van der Waals surface area contributed by atoms with Crippen LogP contribution in [0.4, 0.5) is 0 Å². The van der Waals surface area contributed by atoms with Gasteiger partial charge in [0.25, 0.3) is 0 Å². The topological polar surface area (TPSA) is 0 Å². The molecule has 4 aromatic carbocycles. The Kier molecular flexibility index (Phi) is 3.13. The quantitative estimate of drug-likeness (QED) is 0.426. The predicted molar refractivity (Wildman–Crippen MR) is 92.0 cm³/mol. The zero-order valence-corrected chi connectivity index (χ0v) is 12.3. The largest absolute Gasteiger partial charge is 0.0888 e. The molecule has 0 amide bonds. The first kappa shape index (κ1) is 12.5. The maximum absolute atomic E-state index is 2.20. The van der Waals surface area contributed by atoms with Gasteiger partial charge in [0, 0.05) is 9.79 Å². The fourth-order valence-electron chi connectivity index (χ4n) is 2.69. The molecule has 0 saturated heterocycles. The van der Waals surface area contributed by atoms with Crippen LogP contribution in [0.15, 0.2) is 94.7 Å². The first-order valence-corrected chi connectivity index (χ1v) is 7.87. The van der Waals surface area contributed by atoms with E-state index in [0.717, 1.165) is 0 Å². The third-order valence-corrected chi connectivity index (χ3v) is 4.87. The van der Waals surface area contributed by atoms with Crippen molar-refractivity contribution in [3.8, 4) is 0 Å². The van der Waals surface area contributed by atoms with Crippen molar-refractivity contribution in [1.29, 1.82) is 0 Å². The van der Waals surface area contributed by atoms with Crippen molar-refractivity contribution in [2.45, 2.75) is 9.79 Å². The Bertz CT molecular complexity index is 837. The average Bonchev–Trinajstić information content (AvgIpc) is 2.56. The van der Waals surface area contributed by atoms with Crippen molar-refractivity contribution >= 4 is 33.3 Å². The molecule has 4 aromatic rings. The van der Waals surface area contributed by atoms with Crippen LogP contribution in [0.25, 0.3) is 21.5 Å². The normalized spacial score (nSPS) is 11.0. The van der Waals surface area contributed by atoms with E-state index < -0.39 is 0 Å². The predicted octanol–water partition coefficient (Wildman–Crippen LogP) is 6.14. The van der Waals surface area contributed by atoms with Gasteiger partial charge in [-0.1, -0.05) is 84.6 Å². The van der Waals surface area contributed by atoms with Gasteiger partial charge in [-0.05, 0) is 33.7 Å². The molecule has 0 aliphatic rings. The van der Waals surface area contributed by atoms with E-state index in [1.165, 1.54) is 31.3 Å². The van der Waals surface area contributed by atoms with Gasteiger partial charge in [-0.25, -0.2) is 0 Å². The molecule has 0 fully saturated rings. The van der Waals surface area contributed by atoms with E-state index in [1.54, 1.807) is 0 Å². The first-order valence-electron chi connectivity index (χ1n) is 7.05. The van der Waals surface area contributed by atoms with Crippen LogP contribution in [0.2, 0.25) is 0 Å². The Morgan fingerprint density at radius 2 is 0.857 bits per heavy atom. The van der Waals surface area contributed by atoms with E-state index in [4.69, 9.17) is 0 Å². The van der Waals surface area contributed by atoms with Gasteiger partial charge in [0.1, 0.15) is 0 Å². The van der Waals surface area contributed by atoms with Crippen molar-refractivity contribution in [2.24, 2.45) is 0 Å². The van der Waals surface area contributed by atoms with Crippen LogP contribution in [0, 0.1) is 0 Å². The summed E-state index contributed by atoms with van der Waals surface area (Å²) in [7, 11) is 0. The van der Waals surface area contributed by atoms with Gasteiger partial charge in [0.05, 0.1) is 0 Å². The van der Waals surface area contributed by atoms with Crippen molar-refractivity contribution in [1.82, 2.24) is 0 Å². The molecular formula is C20H14S. The molecule has 0 saturated carbocycles. The molecule has 4 rings (SSSR count). The number of fused-ring (bicyclic) bond motifs is 2. The highest BCUT2D eigenvalue weighted by atomic mass is 32.2. The number of hydrogen-bond acceptors (Lipinski definition) is 1. The summed E-state index contributed by atoms with van der Waals surface area (Å²) in [6.07, 6.45) is 0. The van der Waals surface area contributed by atoms with Gasteiger partial charge in [0.15, 0.2) is 0 Å². The summed E-state index contributed by atoms with van der Waals surface area (Å²) in [4.78, 5) is 2.62. The van der Waals surface area contributed by atoms with Gasteiger partial charge in [-0.15, -0.1) is 0 Å². The molecule has 0 spiro atoms. The van der Waals surface area contributed by atoms with Gasteiger partial charge in [0.2, 0.25) is 0 Å². The molecule has 0 N–H and O–H groups in total. The zero-order chi connectivity index (χ0) is 14.1. The lowest BCUT2D eigenvalue weighted by Gasteiger charge is -2.09. The summed E-state index contributed by atoms with van der Waals surface area (Å²) in [5.41, 5.74) is 0. The maximum Gasteiger partial charge on any atom is 0.0201 e. The van der Waals surface area contributed by atoms with E-state index in [0.29, 0.717) is 0 Å². The summed E-state index contributed by atoms with van der Waals surface area (Å²) in [5, 5.41) is 5.22. The van der Waals surface area contributed by atoms with Crippen molar-refractivity contribution < 1.29 is 0 Å². The average molecular weight is 286 g/mol. The summed E-state index contributed by atoms with van der Waals surface area (Å²) in [5.74, 6) is 0. The molecule has 0 radical (unpaired) electrons. The minimum atomic E-state index is 1.29. The van der Waals surface area contributed by atoms with E-state index in [-0.39, 0.29) is 0 Å². The molecule has 1 heteroatoms. The second-order valence-electron chi connectivity index (χ2n) is 5.06. The highest BCUT2D eigenvalue weighted by Gasteiger charge is 2.05. The molecule has 0 heterocycles. The number of benzene rings is 4. The van der Waals surface area contributed by atoms with Crippen molar-refractivity contribution in [2.75, 3.05) is 0 Å². The van der Waals surface area contributed by atoms with Gasteiger partial charge >= 0.3 is 0 Å². The Hall–Kier alpha value is -2.25. The zero-order valence-electron chi connectivity index (χ0n) is 11.5. The Labute approximate surface area is 128 Å². The minimum absolute atomic E-state index is 1.29. The fourth-order valence-corrected chi connectivity index (χ4v) is 3.81. The van der Waals surface area contributed by atoms with Crippen LogP contribution in [0.5, 0.6) is 0 Å². The standard InChI is InChI=1S/C20H14S/c1-3-11-17-15(7-1)9-5-13-19(17)21-20-14-6-10-16-8-2-4-12-18(16)20/h1-14H. The molecule has 100 valence electrons. The smallest absolute Gasteiger partial charge is 0.0201 e. The second-order valence-corrected chi connectivity index (χ2v) is 6.14. The van der Waals surface area contributed by atoms with Crippen LogP contribution in [-0.2, 0) is 0 Å². The molecule has 0 aliphatic heterocycles. The fraction of sp³-hybridized carbons (Fsp3) is 0. The monoisotopic (exact) mass is 286 g/mol. The van der Waals surface area contributed by atoms with E-state index in [9.17, 15) is 0 Å². The first-order chi connectivity index (χ1) is 10.4. The molecular weight excluding hydrogens is 272 g/mol. The highest BCUT2D eigenvalue weighted by molar-refractivity contribution is 7.99. The lowest BCUT2D eigenvalue weighted by molar-refractivity contribution is 1.49. The van der Waals surface area contributed by atoms with Crippen molar-refractivity contribution in [3.05, 3.63) is 84.9 Å². The van der Waals surface area contributed by atoms with Crippen LogP contribution < -0.4 is 0 Å². The number of rotatable bonds is 2. The minimum Gasteiger partial charge on any atom is -0.0888 e. The Morgan fingerprint density at radius 1 is 0.429 bits per heavy atom.